The molecule has 2 saturated heterocycles. The van der Waals surface area contributed by atoms with Gasteiger partial charge in [0.2, 0.25) is 0 Å². The molecule has 1 amide bonds. The van der Waals surface area contributed by atoms with Gasteiger partial charge in [-0.05, 0) is 18.4 Å². The highest BCUT2D eigenvalue weighted by Gasteiger charge is 2.50. The largest absolute Gasteiger partial charge is 0.445 e. The van der Waals surface area contributed by atoms with Gasteiger partial charge in [-0.15, -0.1) is 0 Å². The van der Waals surface area contributed by atoms with Crippen LogP contribution in [0.4, 0.5) is 4.79 Å². The number of hydrogen-bond donors (Lipinski definition) is 0. The van der Waals surface area contributed by atoms with Crippen LogP contribution in [-0.2, 0) is 16.1 Å². The summed E-state index contributed by atoms with van der Waals surface area (Å²) in [6.45, 7) is 2.45. The summed E-state index contributed by atoms with van der Waals surface area (Å²) in [5, 5.41) is 0. The van der Waals surface area contributed by atoms with Crippen LogP contribution in [0, 0.1) is 0 Å². The number of ether oxygens (including phenoxy) is 2. The van der Waals surface area contributed by atoms with Crippen molar-refractivity contribution in [2.45, 2.75) is 25.0 Å². The molecule has 2 heterocycles. The number of rotatable bonds is 2. The van der Waals surface area contributed by atoms with Crippen molar-refractivity contribution < 1.29 is 14.3 Å². The van der Waals surface area contributed by atoms with Crippen LogP contribution < -0.4 is 0 Å². The first-order chi connectivity index (χ1) is 8.80. The number of nitrogens with zero attached hydrogens (tertiary/aromatic N) is 1. The molecule has 0 unspecified atom stereocenters. The maximum absolute atomic E-state index is 12.1. The zero-order chi connectivity index (χ0) is 12.4. The molecular weight excluding hydrogens is 230 g/mol. The number of carbonyl (C=O) groups is 1. The van der Waals surface area contributed by atoms with Gasteiger partial charge in [0.25, 0.3) is 0 Å². The van der Waals surface area contributed by atoms with Crippen molar-refractivity contribution in [1.29, 1.82) is 0 Å². The molecule has 0 radical (unpaired) electrons. The molecule has 3 rings (SSSR count). The normalized spacial score (nSPS) is 20.8. The second-order valence-electron chi connectivity index (χ2n) is 5.01. The molecule has 96 valence electrons. The van der Waals surface area contributed by atoms with E-state index in [9.17, 15) is 4.79 Å². The Bertz CT molecular complexity index is 428. The van der Waals surface area contributed by atoms with E-state index in [0.717, 1.165) is 24.9 Å². The maximum Gasteiger partial charge on any atom is 0.410 e. The van der Waals surface area contributed by atoms with Crippen molar-refractivity contribution in [2.75, 3.05) is 19.8 Å². The number of likely N-dealkylation sites (tertiary alicyclic amines) is 1. The van der Waals surface area contributed by atoms with E-state index in [2.05, 4.69) is 0 Å². The fourth-order valence-corrected chi connectivity index (χ4v) is 2.66. The summed E-state index contributed by atoms with van der Waals surface area (Å²) >= 11 is 0. The quantitative estimate of drug-likeness (QED) is 0.804. The van der Waals surface area contributed by atoms with E-state index in [1.165, 1.54) is 0 Å². The molecule has 0 N–H and O–H groups in total. The average Bonchev–Trinajstić information content (AvgIpc) is 2.82. The molecule has 1 aromatic rings. The van der Waals surface area contributed by atoms with Gasteiger partial charge in [-0.1, -0.05) is 30.3 Å². The molecule has 2 aliphatic rings. The molecular formula is C14H17NO3. The minimum Gasteiger partial charge on any atom is -0.445 e. The highest BCUT2D eigenvalue weighted by molar-refractivity contribution is 5.69. The van der Waals surface area contributed by atoms with Crippen molar-refractivity contribution in [3.05, 3.63) is 35.9 Å². The zero-order valence-corrected chi connectivity index (χ0v) is 10.3. The van der Waals surface area contributed by atoms with Crippen LogP contribution in [0.2, 0.25) is 0 Å². The van der Waals surface area contributed by atoms with Gasteiger partial charge in [-0.3, -0.25) is 4.90 Å². The molecule has 2 fully saturated rings. The Morgan fingerprint density at radius 1 is 1.33 bits per heavy atom. The predicted molar refractivity (Wildman–Crippen MR) is 66.1 cm³/mol. The second kappa shape index (κ2) is 4.61. The van der Waals surface area contributed by atoms with Gasteiger partial charge in [0.05, 0.1) is 18.8 Å². The van der Waals surface area contributed by atoms with Gasteiger partial charge in [-0.25, -0.2) is 4.79 Å². The number of amides is 1. The maximum atomic E-state index is 12.1. The van der Waals surface area contributed by atoms with Gasteiger partial charge < -0.3 is 9.47 Å². The highest BCUT2D eigenvalue weighted by Crippen LogP contribution is 2.36. The van der Waals surface area contributed by atoms with Crippen molar-refractivity contribution >= 4 is 6.09 Å². The van der Waals surface area contributed by atoms with Crippen molar-refractivity contribution in [3.8, 4) is 0 Å². The van der Waals surface area contributed by atoms with Crippen LogP contribution in [0.5, 0.6) is 0 Å². The second-order valence-corrected chi connectivity index (χ2v) is 5.01. The van der Waals surface area contributed by atoms with Gasteiger partial charge in [-0.2, -0.15) is 0 Å². The van der Waals surface area contributed by atoms with Crippen LogP contribution in [0.1, 0.15) is 18.4 Å². The number of hydrogen-bond acceptors (Lipinski definition) is 3. The van der Waals surface area contributed by atoms with Gasteiger partial charge in [0.1, 0.15) is 6.61 Å². The summed E-state index contributed by atoms with van der Waals surface area (Å²) < 4.78 is 10.6. The minimum atomic E-state index is -0.209. The van der Waals surface area contributed by atoms with E-state index in [0.29, 0.717) is 19.8 Å². The zero-order valence-electron chi connectivity index (χ0n) is 10.3. The summed E-state index contributed by atoms with van der Waals surface area (Å²) in [7, 11) is 0. The summed E-state index contributed by atoms with van der Waals surface area (Å²) in [4.78, 5) is 13.9. The molecule has 4 heteroatoms. The van der Waals surface area contributed by atoms with Crippen LogP contribution in [-0.4, -0.2) is 36.3 Å². The Labute approximate surface area is 106 Å². The molecule has 0 saturated carbocycles. The van der Waals surface area contributed by atoms with Gasteiger partial charge in [0, 0.05) is 6.54 Å². The molecule has 0 aromatic heterocycles. The summed E-state index contributed by atoms with van der Waals surface area (Å²) in [6.07, 6.45) is 1.87. The third-order valence-electron chi connectivity index (χ3n) is 3.76. The monoisotopic (exact) mass is 247 g/mol. The average molecular weight is 247 g/mol. The topological polar surface area (TPSA) is 38.8 Å². The minimum absolute atomic E-state index is 0.0617. The fourth-order valence-electron chi connectivity index (χ4n) is 2.66. The molecule has 18 heavy (non-hydrogen) atoms. The van der Waals surface area contributed by atoms with E-state index in [1.807, 2.05) is 35.2 Å². The lowest BCUT2D eigenvalue weighted by molar-refractivity contribution is -0.115. The molecule has 0 aliphatic carbocycles. The van der Waals surface area contributed by atoms with Crippen molar-refractivity contribution in [1.82, 2.24) is 4.90 Å². The molecule has 0 bridgehead atoms. The van der Waals surface area contributed by atoms with Crippen LogP contribution >= 0.6 is 0 Å². The summed E-state index contributed by atoms with van der Waals surface area (Å²) in [5.74, 6) is 0. The van der Waals surface area contributed by atoms with E-state index in [1.54, 1.807) is 0 Å². The van der Waals surface area contributed by atoms with E-state index < -0.39 is 0 Å². The fraction of sp³-hybridized carbons (Fsp3) is 0.500. The smallest absolute Gasteiger partial charge is 0.410 e. The Morgan fingerprint density at radius 3 is 2.78 bits per heavy atom. The Kier molecular flexibility index (Phi) is 2.96. The van der Waals surface area contributed by atoms with Gasteiger partial charge >= 0.3 is 6.09 Å². The first-order valence-corrected chi connectivity index (χ1v) is 6.36. The Hall–Kier alpha value is -1.55. The highest BCUT2D eigenvalue weighted by atomic mass is 16.6. The van der Waals surface area contributed by atoms with E-state index in [4.69, 9.17) is 9.47 Å². The van der Waals surface area contributed by atoms with Crippen LogP contribution in [0.3, 0.4) is 0 Å². The molecule has 1 aromatic carbocycles. The Balaban J connectivity index is 1.58. The van der Waals surface area contributed by atoms with Crippen LogP contribution in [0.15, 0.2) is 30.3 Å². The molecule has 1 spiro atoms. The summed E-state index contributed by atoms with van der Waals surface area (Å²) in [6, 6.07) is 9.76. The Morgan fingerprint density at radius 2 is 2.11 bits per heavy atom. The van der Waals surface area contributed by atoms with Gasteiger partial charge in [0.15, 0.2) is 0 Å². The lowest BCUT2D eigenvalue weighted by Crippen LogP contribution is -2.60. The third kappa shape index (κ3) is 1.97. The lowest BCUT2D eigenvalue weighted by Gasteiger charge is -2.44. The number of carbonyl (C=O) groups excluding carboxylic acids is 1. The molecule has 2 aliphatic heterocycles. The number of benzene rings is 1. The van der Waals surface area contributed by atoms with E-state index in [-0.39, 0.29) is 11.6 Å². The molecule has 4 nitrogen and oxygen atoms in total. The van der Waals surface area contributed by atoms with Crippen LogP contribution in [0.25, 0.3) is 0 Å². The lowest BCUT2D eigenvalue weighted by atomic mass is 9.94. The first-order valence-electron chi connectivity index (χ1n) is 6.36. The first kappa shape index (κ1) is 11.5. The SMILES string of the molecule is O=C(OCc1ccccc1)N1CCCC12COC2. The summed E-state index contributed by atoms with van der Waals surface area (Å²) in [5.41, 5.74) is 0.956. The third-order valence-corrected chi connectivity index (χ3v) is 3.76. The van der Waals surface area contributed by atoms with Crippen molar-refractivity contribution in [2.24, 2.45) is 0 Å². The standard InChI is InChI=1S/C14H17NO3/c16-13(18-9-12-5-2-1-3-6-12)15-8-4-7-14(15)10-17-11-14/h1-3,5-6H,4,7-11H2. The predicted octanol–water partition coefficient (Wildman–Crippen LogP) is 2.19. The molecule has 0 atom stereocenters. The van der Waals surface area contributed by atoms with E-state index >= 15 is 0 Å². The van der Waals surface area contributed by atoms with Crippen molar-refractivity contribution in [3.63, 3.8) is 0 Å².